The number of ether oxygens (including phenoxy) is 2. The molecule has 0 aliphatic rings. The average Bonchev–Trinajstić information content (AvgIpc) is 3.42. The molecule has 4 rings (SSSR count). The van der Waals surface area contributed by atoms with Crippen molar-refractivity contribution in [1.29, 1.82) is 0 Å². The van der Waals surface area contributed by atoms with E-state index in [0.717, 1.165) is 5.56 Å². The van der Waals surface area contributed by atoms with Crippen molar-refractivity contribution in [3.05, 3.63) is 85.2 Å². The molecule has 4 N–H and O–H groups in total. The maximum Gasteiger partial charge on any atom is 0.341 e. The second-order valence-corrected chi connectivity index (χ2v) is 12.7. The van der Waals surface area contributed by atoms with Gasteiger partial charge in [-0.2, -0.15) is 9.97 Å². The highest BCUT2D eigenvalue weighted by Gasteiger charge is 2.30. The zero-order chi connectivity index (χ0) is 31.4. The van der Waals surface area contributed by atoms with Crippen LogP contribution in [-0.2, 0) is 31.8 Å². The maximum atomic E-state index is 14.1. The first-order valence-electron chi connectivity index (χ1n) is 14.5. The normalized spacial score (nSPS) is 13.3. The van der Waals surface area contributed by atoms with Gasteiger partial charge in [-0.05, 0) is 30.0 Å². The number of rotatable bonds is 18. The van der Waals surface area contributed by atoms with Gasteiger partial charge in [0.15, 0.2) is 17.0 Å². The van der Waals surface area contributed by atoms with E-state index in [9.17, 15) is 9.36 Å². The number of nitrogen functional groups attached to an aromatic ring is 1. The van der Waals surface area contributed by atoms with Crippen molar-refractivity contribution >= 4 is 36.4 Å². The van der Waals surface area contributed by atoms with Gasteiger partial charge in [0.25, 0.3) is 0 Å². The van der Waals surface area contributed by atoms with Crippen molar-refractivity contribution in [2.24, 2.45) is 11.8 Å². The van der Waals surface area contributed by atoms with E-state index < -0.39 is 13.4 Å². The van der Waals surface area contributed by atoms with Crippen LogP contribution in [0.15, 0.2) is 79.6 Å². The summed E-state index contributed by atoms with van der Waals surface area (Å²) in [6.07, 6.45) is 3.50. The minimum Gasteiger partial charge on any atom is -0.465 e. The maximum absolute atomic E-state index is 14.1. The summed E-state index contributed by atoms with van der Waals surface area (Å²) in [5.41, 5.74) is 7.99. The fourth-order valence-electron chi connectivity index (χ4n) is 4.27. The van der Waals surface area contributed by atoms with Crippen molar-refractivity contribution in [1.82, 2.24) is 24.6 Å². The summed E-state index contributed by atoms with van der Waals surface area (Å²) in [5, 5.41) is 6.14. The third-order valence-electron chi connectivity index (χ3n) is 6.42. The van der Waals surface area contributed by atoms with Gasteiger partial charge in [-0.1, -0.05) is 68.5 Å². The standard InChI is InChI=1S/C31H40N7O5P/c1-4-15-33-28-27-29(37-31(32)36-28)38(21-34-27)16-17-41-22-44(40,43-26-13-9-6-10-14-26)35-19-25(30(39)42-20-23(2)3)18-24-11-7-5-8-12-24/h4-14,21,23,25H,1,15-20,22H2,2-3H3,(H,35,40)(H3,32,33,36,37)/t25-,44?/m1/s1. The largest absolute Gasteiger partial charge is 0.465 e. The van der Waals surface area contributed by atoms with Crippen molar-refractivity contribution < 1.29 is 23.4 Å². The van der Waals surface area contributed by atoms with Crippen molar-refractivity contribution in [2.45, 2.75) is 26.8 Å². The zero-order valence-electron chi connectivity index (χ0n) is 25.1. The van der Waals surface area contributed by atoms with Crippen LogP contribution in [0.1, 0.15) is 19.4 Å². The van der Waals surface area contributed by atoms with E-state index in [2.05, 4.69) is 31.9 Å². The quantitative estimate of drug-likeness (QED) is 0.0601. The van der Waals surface area contributed by atoms with E-state index in [1.807, 2.05) is 50.2 Å². The Morgan fingerprint density at radius 1 is 1.11 bits per heavy atom. The van der Waals surface area contributed by atoms with Gasteiger partial charge in [0.05, 0.1) is 25.5 Å². The topological polar surface area (TPSA) is 156 Å². The lowest BCUT2D eigenvalue weighted by molar-refractivity contribution is -0.149. The molecule has 1 unspecified atom stereocenters. The Hall–Kier alpha value is -4.25. The summed E-state index contributed by atoms with van der Waals surface area (Å²) in [6, 6.07) is 18.5. The molecule has 0 amide bonds. The molecule has 2 heterocycles. The first kappa shape index (κ1) is 32.7. The van der Waals surface area contributed by atoms with Gasteiger partial charge < -0.3 is 29.6 Å². The number of imidazole rings is 1. The minimum absolute atomic E-state index is 0.0716. The number of benzene rings is 2. The molecule has 0 radical (unpaired) electrons. The Morgan fingerprint density at radius 3 is 2.55 bits per heavy atom. The third-order valence-corrected chi connectivity index (χ3v) is 8.12. The average molecular weight is 622 g/mol. The molecular formula is C31H40N7O5P. The van der Waals surface area contributed by atoms with Gasteiger partial charge >= 0.3 is 13.5 Å². The molecule has 0 aliphatic carbocycles. The van der Waals surface area contributed by atoms with Gasteiger partial charge in [-0.15, -0.1) is 6.58 Å². The Kier molecular flexibility index (Phi) is 11.9. The van der Waals surface area contributed by atoms with Crippen LogP contribution in [0.5, 0.6) is 5.75 Å². The molecule has 44 heavy (non-hydrogen) atoms. The van der Waals surface area contributed by atoms with Gasteiger partial charge in [0.1, 0.15) is 12.1 Å². The van der Waals surface area contributed by atoms with E-state index in [1.165, 1.54) is 0 Å². The van der Waals surface area contributed by atoms with E-state index in [1.54, 1.807) is 41.2 Å². The number of carbonyl (C=O) groups is 1. The Balaban J connectivity index is 1.44. The fourth-order valence-corrected chi connectivity index (χ4v) is 5.81. The van der Waals surface area contributed by atoms with Crippen LogP contribution in [0.4, 0.5) is 11.8 Å². The zero-order valence-corrected chi connectivity index (χ0v) is 26.0. The molecule has 4 aromatic rings. The predicted molar refractivity (Wildman–Crippen MR) is 171 cm³/mol. The van der Waals surface area contributed by atoms with Gasteiger partial charge in [0, 0.05) is 19.6 Å². The molecule has 2 aromatic heterocycles. The van der Waals surface area contributed by atoms with Crippen LogP contribution < -0.4 is 20.7 Å². The number of anilines is 2. The molecule has 0 spiro atoms. The highest BCUT2D eigenvalue weighted by Crippen LogP contribution is 2.43. The van der Waals surface area contributed by atoms with Crippen LogP contribution in [0.25, 0.3) is 11.2 Å². The summed E-state index contributed by atoms with van der Waals surface area (Å²) in [5.74, 6) is 0.271. The molecular weight excluding hydrogens is 581 g/mol. The summed E-state index contributed by atoms with van der Waals surface area (Å²) in [7, 11) is -3.63. The SMILES string of the molecule is C=CCNc1nc(N)nc2c1ncn2CCOCP(=O)(NC[C@@H](Cc1ccccc1)C(=O)OCC(C)C)Oc1ccccc1. The number of nitrogens with one attached hydrogen (secondary N) is 2. The molecule has 13 heteroatoms. The summed E-state index contributed by atoms with van der Waals surface area (Å²) < 4.78 is 33.3. The summed E-state index contributed by atoms with van der Waals surface area (Å²) in [4.78, 5) is 26.0. The molecule has 0 bridgehead atoms. The fraction of sp³-hybridized carbons (Fsp3) is 0.355. The van der Waals surface area contributed by atoms with Crippen molar-refractivity contribution in [2.75, 3.05) is 43.7 Å². The van der Waals surface area contributed by atoms with Gasteiger partial charge in [0.2, 0.25) is 5.95 Å². The number of nitrogens with zero attached hydrogens (tertiary/aromatic N) is 4. The highest BCUT2D eigenvalue weighted by molar-refractivity contribution is 7.57. The molecule has 0 saturated heterocycles. The molecule has 0 saturated carbocycles. The highest BCUT2D eigenvalue weighted by atomic mass is 31.2. The predicted octanol–water partition coefficient (Wildman–Crippen LogP) is 4.90. The van der Waals surface area contributed by atoms with Crippen LogP contribution in [0.2, 0.25) is 0 Å². The van der Waals surface area contributed by atoms with Crippen LogP contribution in [0, 0.1) is 11.8 Å². The van der Waals surface area contributed by atoms with Gasteiger partial charge in [-0.25, -0.2) is 10.1 Å². The molecule has 2 atom stereocenters. The molecule has 12 nitrogen and oxygen atoms in total. The molecule has 0 aliphatic heterocycles. The number of carbonyl (C=O) groups excluding carboxylic acids is 1. The number of hydrogen-bond acceptors (Lipinski definition) is 10. The second kappa shape index (κ2) is 16.0. The smallest absolute Gasteiger partial charge is 0.341 e. The van der Waals surface area contributed by atoms with Crippen LogP contribution in [-0.4, -0.2) is 58.1 Å². The first-order valence-corrected chi connectivity index (χ1v) is 16.3. The lowest BCUT2D eigenvalue weighted by Crippen LogP contribution is -2.32. The summed E-state index contributed by atoms with van der Waals surface area (Å²) in [6.45, 7) is 9.06. The lowest BCUT2D eigenvalue weighted by Gasteiger charge is -2.24. The number of nitrogens with two attached hydrogens (primary N) is 1. The van der Waals surface area contributed by atoms with Crippen LogP contribution in [0.3, 0.4) is 0 Å². The lowest BCUT2D eigenvalue weighted by atomic mass is 9.99. The van der Waals surface area contributed by atoms with E-state index in [4.69, 9.17) is 19.7 Å². The van der Waals surface area contributed by atoms with E-state index in [0.29, 0.717) is 48.8 Å². The van der Waals surface area contributed by atoms with E-state index >= 15 is 0 Å². The third kappa shape index (κ3) is 9.63. The van der Waals surface area contributed by atoms with Crippen LogP contribution >= 0.6 is 7.52 Å². The Morgan fingerprint density at radius 2 is 1.84 bits per heavy atom. The van der Waals surface area contributed by atoms with Crippen molar-refractivity contribution in [3.63, 3.8) is 0 Å². The Labute approximate surface area is 257 Å². The Bertz CT molecular complexity index is 1550. The van der Waals surface area contributed by atoms with Crippen molar-refractivity contribution in [3.8, 4) is 5.75 Å². The first-order chi connectivity index (χ1) is 21.3. The molecule has 2 aromatic carbocycles. The number of hydrogen-bond donors (Lipinski definition) is 3. The number of aromatic nitrogens is 4. The van der Waals surface area contributed by atoms with E-state index in [-0.39, 0.29) is 37.3 Å². The number of esters is 1. The monoisotopic (exact) mass is 621 g/mol. The second-order valence-electron chi connectivity index (χ2n) is 10.6. The molecule has 234 valence electrons. The number of para-hydroxylation sites is 1. The summed E-state index contributed by atoms with van der Waals surface area (Å²) >= 11 is 0. The van der Waals surface area contributed by atoms with Gasteiger partial charge in [-0.3, -0.25) is 9.36 Å². The minimum atomic E-state index is -3.63. The molecule has 0 fully saturated rings. The number of fused-ring (bicyclic) bond motifs is 1.